The summed E-state index contributed by atoms with van der Waals surface area (Å²) in [7, 11) is 0. The number of nitrogens with one attached hydrogen (secondary N) is 2. The minimum Gasteiger partial charge on any atom is -0.342 e. The van der Waals surface area contributed by atoms with Crippen molar-refractivity contribution in [2.24, 2.45) is 5.92 Å². The van der Waals surface area contributed by atoms with E-state index in [9.17, 15) is 0 Å². The van der Waals surface area contributed by atoms with Crippen molar-refractivity contribution in [3.63, 3.8) is 0 Å². The Morgan fingerprint density at radius 1 is 0.826 bits per heavy atom. The fourth-order valence-electron chi connectivity index (χ4n) is 3.04. The normalized spacial score (nSPS) is 12.9. The summed E-state index contributed by atoms with van der Waals surface area (Å²) in [5, 5.41) is 0. The number of imidazole rings is 2. The molecule has 0 saturated carbocycles. The van der Waals surface area contributed by atoms with Crippen LogP contribution in [0, 0.1) is 5.92 Å². The molecular formula is C19H20N4. The van der Waals surface area contributed by atoms with E-state index in [1.165, 1.54) is 0 Å². The van der Waals surface area contributed by atoms with Crippen LogP contribution in [0.2, 0.25) is 0 Å². The molecule has 0 bridgehead atoms. The van der Waals surface area contributed by atoms with Crippen LogP contribution >= 0.6 is 0 Å². The van der Waals surface area contributed by atoms with Gasteiger partial charge in [0.05, 0.1) is 22.1 Å². The second-order valence-electron chi connectivity index (χ2n) is 6.25. The average molecular weight is 304 g/mol. The van der Waals surface area contributed by atoms with Crippen LogP contribution in [-0.4, -0.2) is 19.9 Å². The van der Waals surface area contributed by atoms with Gasteiger partial charge in [0.25, 0.3) is 0 Å². The van der Waals surface area contributed by atoms with Gasteiger partial charge in [-0.05, 0) is 36.6 Å². The Morgan fingerprint density at radius 3 is 2.04 bits per heavy atom. The standard InChI is InChI=1S/C19H20N4/c1-13(12-19-22-16-8-4-5-9-17(16)23-19)10-11-18-20-14-6-2-3-7-15(14)21-18/h2-9,13H,10-12H2,1H3,(H,20,21)(H,22,23). The van der Waals surface area contributed by atoms with Gasteiger partial charge in [0.1, 0.15) is 11.6 Å². The van der Waals surface area contributed by atoms with E-state index in [4.69, 9.17) is 0 Å². The molecule has 0 aliphatic rings. The van der Waals surface area contributed by atoms with Gasteiger partial charge in [-0.2, -0.15) is 0 Å². The highest BCUT2D eigenvalue weighted by Crippen LogP contribution is 2.17. The molecule has 1 unspecified atom stereocenters. The van der Waals surface area contributed by atoms with Crippen LogP contribution in [-0.2, 0) is 12.8 Å². The number of aromatic nitrogens is 4. The molecule has 116 valence electrons. The Morgan fingerprint density at radius 2 is 1.39 bits per heavy atom. The average Bonchev–Trinajstić information content (AvgIpc) is 3.15. The highest BCUT2D eigenvalue weighted by molar-refractivity contribution is 5.75. The van der Waals surface area contributed by atoms with E-state index in [2.05, 4.69) is 45.1 Å². The van der Waals surface area contributed by atoms with Crippen LogP contribution in [0.15, 0.2) is 48.5 Å². The van der Waals surface area contributed by atoms with Gasteiger partial charge in [0.15, 0.2) is 0 Å². The second kappa shape index (κ2) is 5.88. The molecule has 2 N–H and O–H groups in total. The molecule has 0 radical (unpaired) electrons. The van der Waals surface area contributed by atoms with Crippen molar-refractivity contribution >= 4 is 22.1 Å². The lowest BCUT2D eigenvalue weighted by atomic mass is 10.0. The molecule has 4 heteroatoms. The summed E-state index contributed by atoms with van der Waals surface area (Å²) < 4.78 is 0. The summed E-state index contributed by atoms with van der Waals surface area (Å²) in [5.74, 6) is 2.70. The molecule has 4 rings (SSSR count). The number of aryl methyl sites for hydroxylation is 1. The smallest absolute Gasteiger partial charge is 0.107 e. The van der Waals surface area contributed by atoms with E-state index >= 15 is 0 Å². The minimum atomic E-state index is 0.559. The maximum absolute atomic E-state index is 4.66. The first-order valence-corrected chi connectivity index (χ1v) is 8.15. The van der Waals surface area contributed by atoms with Gasteiger partial charge >= 0.3 is 0 Å². The van der Waals surface area contributed by atoms with Crippen molar-refractivity contribution in [2.45, 2.75) is 26.2 Å². The second-order valence-corrected chi connectivity index (χ2v) is 6.25. The molecule has 2 heterocycles. The van der Waals surface area contributed by atoms with Crippen molar-refractivity contribution in [3.8, 4) is 0 Å². The lowest BCUT2D eigenvalue weighted by Crippen LogP contribution is -2.04. The van der Waals surface area contributed by atoms with E-state index in [1.807, 2.05) is 30.3 Å². The molecule has 4 nitrogen and oxygen atoms in total. The van der Waals surface area contributed by atoms with Gasteiger partial charge in [-0.3, -0.25) is 0 Å². The molecule has 2 aromatic heterocycles. The van der Waals surface area contributed by atoms with E-state index < -0.39 is 0 Å². The van der Waals surface area contributed by atoms with Gasteiger partial charge < -0.3 is 9.97 Å². The van der Waals surface area contributed by atoms with Gasteiger partial charge in [-0.1, -0.05) is 31.2 Å². The number of hydrogen-bond acceptors (Lipinski definition) is 2. The van der Waals surface area contributed by atoms with Gasteiger partial charge in [0.2, 0.25) is 0 Å². The number of para-hydroxylation sites is 4. The molecule has 0 spiro atoms. The molecule has 23 heavy (non-hydrogen) atoms. The molecule has 1 atom stereocenters. The fourth-order valence-corrected chi connectivity index (χ4v) is 3.04. The lowest BCUT2D eigenvalue weighted by molar-refractivity contribution is 0.514. The van der Waals surface area contributed by atoms with Crippen LogP contribution in [0.3, 0.4) is 0 Å². The quantitative estimate of drug-likeness (QED) is 0.579. The van der Waals surface area contributed by atoms with E-state index in [0.717, 1.165) is 53.0 Å². The highest BCUT2D eigenvalue weighted by atomic mass is 14.9. The maximum atomic E-state index is 4.66. The summed E-state index contributed by atoms with van der Waals surface area (Å²) in [4.78, 5) is 16.1. The number of benzene rings is 2. The molecule has 0 aliphatic heterocycles. The number of aromatic amines is 2. The third-order valence-corrected chi connectivity index (χ3v) is 4.29. The zero-order valence-corrected chi connectivity index (χ0v) is 13.2. The van der Waals surface area contributed by atoms with Crippen molar-refractivity contribution in [3.05, 3.63) is 60.2 Å². The predicted molar refractivity (Wildman–Crippen MR) is 93.4 cm³/mol. The third kappa shape index (κ3) is 2.97. The Kier molecular flexibility index (Phi) is 3.58. The molecule has 0 saturated heterocycles. The Bertz CT molecular complexity index is 869. The molecule has 0 fully saturated rings. The van der Waals surface area contributed by atoms with E-state index in [-0.39, 0.29) is 0 Å². The van der Waals surface area contributed by atoms with Crippen molar-refractivity contribution < 1.29 is 0 Å². The number of rotatable bonds is 5. The Balaban J connectivity index is 1.40. The highest BCUT2D eigenvalue weighted by Gasteiger charge is 2.10. The summed E-state index contributed by atoms with van der Waals surface area (Å²) >= 11 is 0. The van der Waals surface area contributed by atoms with Crippen molar-refractivity contribution in [2.75, 3.05) is 0 Å². The maximum Gasteiger partial charge on any atom is 0.107 e. The lowest BCUT2D eigenvalue weighted by Gasteiger charge is -2.07. The Hall–Kier alpha value is -2.62. The largest absolute Gasteiger partial charge is 0.342 e. The summed E-state index contributed by atoms with van der Waals surface area (Å²) in [6.07, 6.45) is 3.03. The molecular weight excluding hydrogens is 284 g/mol. The van der Waals surface area contributed by atoms with Crippen molar-refractivity contribution in [1.82, 2.24) is 19.9 Å². The summed E-state index contributed by atoms with van der Waals surface area (Å²) in [6, 6.07) is 16.4. The zero-order chi connectivity index (χ0) is 15.6. The number of fused-ring (bicyclic) bond motifs is 2. The molecule has 2 aromatic carbocycles. The summed E-state index contributed by atoms with van der Waals surface area (Å²) in [5.41, 5.74) is 4.33. The molecule has 0 amide bonds. The van der Waals surface area contributed by atoms with Crippen LogP contribution in [0.1, 0.15) is 25.0 Å². The fraction of sp³-hybridized carbons (Fsp3) is 0.263. The Labute approximate surface area is 135 Å². The van der Waals surface area contributed by atoms with E-state index in [1.54, 1.807) is 0 Å². The number of H-pyrrole nitrogens is 2. The van der Waals surface area contributed by atoms with Gasteiger partial charge in [0, 0.05) is 12.8 Å². The molecule has 0 aliphatic carbocycles. The predicted octanol–water partition coefficient (Wildman–Crippen LogP) is 4.25. The SMILES string of the molecule is CC(CCc1nc2ccccc2[nH]1)Cc1nc2ccccc2[nH]1. The van der Waals surface area contributed by atoms with Crippen LogP contribution < -0.4 is 0 Å². The monoisotopic (exact) mass is 304 g/mol. The number of hydrogen-bond donors (Lipinski definition) is 2. The van der Waals surface area contributed by atoms with Crippen LogP contribution in [0.25, 0.3) is 22.1 Å². The van der Waals surface area contributed by atoms with Crippen LogP contribution in [0.4, 0.5) is 0 Å². The number of nitrogens with zero attached hydrogens (tertiary/aromatic N) is 2. The third-order valence-electron chi connectivity index (χ3n) is 4.29. The summed E-state index contributed by atoms with van der Waals surface area (Å²) in [6.45, 7) is 2.27. The van der Waals surface area contributed by atoms with Gasteiger partial charge in [-0.15, -0.1) is 0 Å². The van der Waals surface area contributed by atoms with E-state index in [0.29, 0.717) is 5.92 Å². The zero-order valence-electron chi connectivity index (χ0n) is 13.2. The molecule has 4 aromatic rings. The minimum absolute atomic E-state index is 0.559. The first kappa shape index (κ1) is 14.0. The first-order chi connectivity index (χ1) is 11.3. The van der Waals surface area contributed by atoms with Gasteiger partial charge in [-0.25, -0.2) is 9.97 Å². The van der Waals surface area contributed by atoms with Crippen molar-refractivity contribution in [1.29, 1.82) is 0 Å². The topological polar surface area (TPSA) is 57.4 Å². The van der Waals surface area contributed by atoms with Crippen LogP contribution in [0.5, 0.6) is 0 Å². The first-order valence-electron chi connectivity index (χ1n) is 8.15.